The predicted molar refractivity (Wildman–Crippen MR) is 99.7 cm³/mol. The van der Waals surface area contributed by atoms with E-state index in [1.54, 1.807) is 19.1 Å². The third kappa shape index (κ3) is 4.69. The zero-order valence-corrected chi connectivity index (χ0v) is 14.5. The van der Waals surface area contributed by atoms with Gasteiger partial charge in [0, 0.05) is 25.0 Å². The van der Waals surface area contributed by atoms with Gasteiger partial charge in [0.1, 0.15) is 0 Å². The summed E-state index contributed by atoms with van der Waals surface area (Å²) in [5.74, 6) is -0.306. The van der Waals surface area contributed by atoms with Crippen LogP contribution in [0.3, 0.4) is 0 Å². The molecule has 4 heteroatoms. The quantitative estimate of drug-likeness (QED) is 0.558. The molecule has 0 atom stereocenters. The number of aliphatic imine (C=N–C) groups is 1. The van der Waals surface area contributed by atoms with E-state index in [-0.39, 0.29) is 5.97 Å². The Bertz CT molecular complexity index is 672. The molecule has 0 spiro atoms. The van der Waals surface area contributed by atoms with Gasteiger partial charge in [0.25, 0.3) is 0 Å². The van der Waals surface area contributed by atoms with Crippen LogP contribution in [-0.4, -0.2) is 31.9 Å². The van der Waals surface area contributed by atoms with Gasteiger partial charge in [-0.05, 0) is 62.7 Å². The van der Waals surface area contributed by atoms with E-state index in [0.29, 0.717) is 12.2 Å². The molecule has 0 amide bonds. The SMILES string of the molecule is CCOC(=O)c1ccc(N=Cc2ccc(N(CC)CC)cc2)cc1. The van der Waals surface area contributed by atoms with E-state index in [0.717, 1.165) is 24.3 Å². The van der Waals surface area contributed by atoms with E-state index < -0.39 is 0 Å². The van der Waals surface area contributed by atoms with Crippen LogP contribution in [0.25, 0.3) is 0 Å². The maximum absolute atomic E-state index is 11.6. The number of carbonyl (C=O) groups is 1. The highest BCUT2D eigenvalue weighted by Crippen LogP contribution is 2.16. The number of benzene rings is 2. The average Bonchev–Trinajstić information content (AvgIpc) is 2.63. The molecule has 0 unspecified atom stereocenters. The lowest BCUT2D eigenvalue weighted by atomic mass is 10.2. The number of hydrogen-bond acceptors (Lipinski definition) is 4. The van der Waals surface area contributed by atoms with Crippen molar-refractivity contribution < 1.29 is 9.53 Å². The second kappa shape index (κ2) is 8.87. The molecule has 0 aliphatic heterocycles. The van der Waals surface area contributed by atoms with Gasteiger partial charge in [0.15, 0.2) is 0 Å². The molecule has 126 valence electrons. The topological polar surface area (TPSA) is 41.9 Å². The molecule has 2 aromatic rings. The molecule has 4 nitrogen and oxygen atoms in total. The van der Waals surface area contributed by atoms with Crippen molar-refractivity contribution in [3.05, 3.63) is 59.7 Å². The average molecular weight is 324 g/mol. The molecule has 0 radical (unpaired) electrons. The maximum atomic E-state index is 11.6. The summed E-state index contributed by atoms with van der Waals surface area (Å²) in [7, 11) is 0. The van der Waals surface area contributed by atoms with Gasteiger partial charge in [-0.2, -0.15) is 0 Å². The van der Waals surface area contributed by atoms with Crippen molar-refractivity contribution >= 4 is 23.6 Å². The Labute approximate surface area is 143 Å². The lowest BCUT2D eigenvalue weighted by molar-refractivity contribution is 0.0526. The largest absolute Gasteiger partial charge is 0.462 e. The zero-order valence-electron chi connectivity index (χ0n) is 14.5. The summed E-state index contributed by atoms with van der Waals surface area (Å²) in [6.07, 6.45) is 1.82. The molecular formula is C20H24N2O2. The smallest absolute Gasteiger partial charge is 0.338 e. The molecule has 0 fully saturated rings. The molecule has 0 saturated carbocycles. The van der Waals surface area contributed by atoms with Crippen molar-refractivity contribution in [2.75, 3.05) is 24.6 Å². The molecule has 24 heavy (non-hydrogen) atoms. The first-order valence-electron chi connectivity index (χ1n) is 8.34. The van der Waals surface area contributed by atoms with Gasteiger partial charge in [-0.3, -0.25) is 4.99 Å². The molecule has 0 aromatic heterocycles. The van der Waals surface area contributed by atoms with Gasteiger partial charge >= 0.3 is 5.97 Å². The normalized spacial score (nSPS) is 10.8. The standard InChI is InChI=1S/C20H24N2O2/c1-4-22(5-2)19-13-7-16(8-14-19)15-21-18-11-9-17(10-12-18)20(23)24-6-3/h7-15H,4-6H2,1-3H3. The van der Waals surface area contributed by atoms with Crippen LogP contribution in [0.4, 0.5) is 11.4 Å². The van der Waals surface area contributed by atoms with E-state index in [4.69, 9.17) is 4.74 Å². The van der Waals surface area contributed by atoms with Crippen LogP contribution in [0.1, 0.15) is 36.7 Å². The summed E-state index contributed by atoms with van der Waals surface area (Å²) in [5.41, 5.74) is 3.60. The Morgan fingerprint density at radius 2 is 1.62 bits per heavy atom. The summed E-state index contributed by atoms with van der Waals surface area (Å²) in [6, 6.07) is 15.4. The first-order valence-corrected chi connectivity index (χ1v) is 8.34. The van der Waals surface area contributed by atoms with E-state index in [9.17, 15) is 4.79 Å². The van der Waals surface area contributed by atoms with Crippen molar-refractivity contribution in [1.29, 1.82) is 0 Å². The van der Waals surface area contributed by atoms with E-state index >= 15 is 0 Å². The Hall–Kier alpha value is -2.62. The van der Waals surface area contributed by atoms with Crippen molar-refractivity contribution in [3.63, 3.8) is 0 Å². The molecular weight excluding hydrogens is 300 g/mol. The summed E-state index contributed by atoms with van der Waals surface area (Å²) >= 11 is 0. The van der Waals surface area contributed by atoms with E-state index in [1.165, 1.54) is 5.69 Å². The number of anilines is 1. The van der Waals surface area contributed by atoms with E-state index in [2.05, 4.69) is 48.0 Å². The van der Waals surface area contributed by atoms with Crippen LogP contribution in [0.5, 0.6) is 0 Å². The van der Waals surface area contributed by atoms with Crippen molar-refractivity contribution in [2.45, 2.75) is 20.8 Å². The number of rotatable bonds is 7. The Kier molecular flexibility index (Phi) is 6.55. The first kappa shape index (κ1) is 17.7. The van der Waals surface area contributed by atoms with Crippen molar-refractivity contribution in [2.24, 2.45) is 4.99 Å². The zero-order chi connectivity index (χ0) is 17.4. The van der Waals surface area contributed by atoms with Gasteiger partial charge in [-0.1, -0.05) is 12.1 Å². The molecule has 0 bridgehead atoms. The summed E-state index contributed by atoms with van der Waals surface area (Å²) < 4.78 is 4.96. The Morgan fingerprint density at radius 1 is 1.00 bits per heavy atom. The van der Waals surface area contributed by atoms with Gasteiger partial charge < -0.3 is 9.64 Å². The second-order valence-electron chi connectivity index (χ2n) is 5.29. The molecule has 2 rings (SSSR count). The lowest BCUT2D eigenvalue weighted by Crippen LogP contribution is -2.21. The van der Waals surface area contributed by atoms with Gasteiger partial charge in [0.2, 0.25) is 0 Å². The highest BCUT2D eigenvalue weighted by atomic mass is 16.5. The monoisotopic (exact) mass is 324 g/mol. The third-order valence-corrected chi connectivity index (χ3v) is 3.76. The maximum Gasteiger partial charge on any atom is 0.338 e. The van der Waals surface area contributed by atoms with Gasteiger partial charge in [0.05, 0.1) is 17.9 Å². The molecule has 0 aliphatic carbocycles. The fourth-order valence-corrected chi connectivity index (χ4v) is 2.41. The van der Waals surface area contributed by atoms with Gasteiger partial charge in [-0.25, -0.2) is 4.79 Å². The minimum Gasteiger partial charge on any atom is -0.462 e. The van der Waals surface area contributed by atoms with Crippen LogP contribution in [0, 0.1) is 0 Å². The van der Waals surface area contributed by atoms with Crippen LogP contribution < -0.4 is 4.90 Å². The highest BCUT2D eigenvalue weighted by Gasteiger charge is 2.05. The van der Waals surface area contributed by atoms with Crippen molar-refractivity contribution in [1.82, 2.24) is 0 Å². The second-order valence-corrected chi connectivity index (χ2v) is 5.29. The third-order valence-electron chi connectivity index (χ3n) is 3.76. The fourth-order valence-electron chi connectivity index (χ4n) is 2.41. The van der Waals surface area contributed by atoms with E-state index in [1.807, 2.05) is 18.3 Å². The molecule has 0 aliphatic rings. The number of hydrogen-bond donors (Lipinski definition) is 0. The Morgan fingerprint density at radius 3 is 2.17 bits per heavy atom. The number of carbonyl (C=O) groups excluding carboxylic acids is 1. The Balaban J connectivity index is 2.04. The molecule has 2 aromatic carbocycles. The number of nitrogens with zero attached hydrogens (tertiary/aromatic N) is 2. The molecule has 0 saturated heterocycles. The number of ether oxygens (including phenoxy) is 1. The summed E-state index contributed by atoms with van der Waals surface area (Å²) in [6.45, 7) is 8.47. The van der Waals surface area contributed by atoms with Crippen LogP contribution in [0.15, 0.2) is 53.5 Å². The van der Waals surface area contributed by atoms with Gasteiger partial charge in [-0.15, -0.1) is 0 Å². The molecule has 0 N–H and O–H groups in total. The predicted octanol–water partition coefficient (Wildman–Crippen LogP) is 4.46. The summed E-state index contributed by atoms with van der Waals surface area (Å²) in [5, 5.41) is 0. The minimum atomic E-state index is -0.306. The lowest BCUT2D eigenvalue weighted by Gasteiger charge is -2.20. The fraction of sp³-hybridized carbons (Fsp3) is 0.300. The van der Waals surface area contributed by atoms with Crippen LogP contribution in [0.2, 0.25) is 0 Å². The molecule has 0 heterocycles. The number of esters is 1. The van der Waals surface area contributed by atoms with Crippen LogP contribution in [-0.2, 0) is 4.74 Å². The summed E-state index contributed by atoms with van der Waals surface area (Å²) in [4.78, 5) is 18.4. The minimum absolute atomic E-state index is 0.306. The van der Waals surface area contributed by atoms with Crippen molar-refractivity contribution in [3.8, 4) is 0 Å². The van der Waals surface area contributed by atoms with Crippen LogP contribution >= 0.6 is 0 Å². The first-order chi connectivity index (χ1) is 11.7. The highest BCUT2D eigenvalue weighted by molar-refractivity contribution is 5.90.